The average Bonchev–Trinajstić information content (AvgIpc) is 3.09. The third kappa shape index (κ3) is 5.18. The van der Waals surface area contributed by atoms with Gasteiger partial charge in [-0.1, -0.05) is 34.6 Å². The van der Waals surface area contributed by atoms with Crippen LogP contribution in [0.4, 0.5) is 13.2 Å². The summed E-state index contributed by atoms with van der Waals surface area (Å²) in [7, 11) is -5.84. The lowest BCUT2D eigenvalue weighted by Crippen LogP contribution is -2.60. The molecule has 3 fully saturated rings. The lowest BCUT2D eigenvalue weighted by atomic mass is 9.86. The van der Waals surface area contributed by atoms with Crippen molar-refractivity contribution in [1.29, 1.82) is 5.26 Å². The van der Waals surface area contributed by atoms with E-state index in [1.54, 1.807) is 0 Å². The number of piperidine rings is 1. The van der Waals surface area contributed by atoms with Crippen LogP contribution in [0.2, 0.25) is 0 Å². The predicted octanol–water partition coefficient (Wildman–Crippen LogP) is 0.858. The molecule has 0 spiro atoms. The molecule has 10 nitrogen and oxygen atoms in total. The molecule has 3 aliphatic rings. The van der Waals surface area contributed by atoms with Gasteiger partial charge in [-0.15, -0.1) is 0 Å². The van der Waals surface area contributed by atoms with Crippen LogP contribution in [0.1, 0.15) is 47.5 Å². The molecule has 2 saturated heterocycles. The van der Waals surface area contributed by atoms with Crippen LogP contribution >= 0.6 is 0 Å². The summed E-state index contributed by atoms with van der Waals surface area (Å²) < 4.78 is 64.4. The van der Waals surface area contributed by atoms with E-state index in [2.05, 4.69) is 10.6 Å². The van der Waals surface area contributed by atoms with E-state index >= 15 is 0 Å². The molecule has 2 aliphatic heterocycles. The molecule has 0 aromatic rings. The van der Waals surface area contributed by atoms with E-state index in [1.165, 1.54) is 25.5 Å². The number of nitrogens with zero attached hydrogens (tertiary/aromatic N) is 2. The molecule has 0 unspecified atom stereocenters. The van der Waals surface area contributed by atoms with Gasteiger partial charge >= 0.3 is 15.5 Å². The summed E-state index contributed by atoms with van der Waals surface area (Å²) in [6.07, 6.45) is 0.605. The van der Waals surface area contributed by atoms with Gasteiger partial charge < -0.3 is 15.5 Å². The van der Waals surface area contributed by atoms with Gasteiger partial charge in [0.15, 0.2) is 0 Å². The van der Waals surface area contributed by atoms with Crippen molar-refractivity contribution in [3.05, 3.63) is 0 Å². The molecule has 3 N–H and O–H groups in total. The summed E-state index contributed by atoms with van der Waals surface area (Å²) in [5.41, 5.74) is -7.19. The maximum Gasteiger partial charge on any atom is 0.511 e. The first kappa shape index (κ1) is 28.2. The fourth-order valence-corrected chi connectivity index (χ4v) is 6.25. The highest BCUT2D eigenvalue weighted by Crippen LogP contribution is 2.65. The second-order valence-electron chi connectivity index (χ2n) is 11.5. The monoisotopic (exact) mass is 535 g/mol. The molecular weight excluding hydrogens is 503 g/mol. The first-order valence-corrected chi connectivity index (χ1v) is 13.2. The van der Waals surface area contributed by atoms with Crippen LogP contribution < -0.4 is 15.4 Å². The van der Waals surface area contributed by atoms with Gasteiger partial charge in [-0.25, -0.2) is 8.42 Å². The molecule has 3 rings (SSSR count). The number of nitriles is 1. The van der Waals surface area contributed by atoms with E-state index in [0.717, 1.165) is 4.90 Å². The zero-order chi connectivity index (χ0) is 27.4. The van der Waals surface area contributed by atoms with Gasteiger partial charge in [0.1, 0.15) is 18.1 Å². The average molecular weight is 536 g/mol. The van der Waals surface area contributed by atoms with Gasteiger partial charge in [0, 0.05) is 19.0 Å². The van der Waals surface area contributed by atoms with E-state index < -0.39 is 56.8 Å². The SMILES string of the molecule is CC(C)(C)[C@H](NS(=O)(=O)C(F)(F)F)C(=O)N1C[C@H]2[C@H]([C@H]1C(=O)N[C@H](C#N)C[C@@H]1CCNC1=O)C2(C)C. The Kier molecular flexibility index (Phi) is 7.17. The quantitative estimate of drug-likeness (QED) is 0.440. The van der Waals surface area contributed by atoms with Crippen LogP contribution in [-0.2, 0) is 24.4 Å². The summed E-state index contributed by atoms with van der Waals surface area (Å²) in [5.74, 6) is -2.67. The Hall–Kier alpha value is -2.40. The molecule has 3 amide bonds. The first-order valence-electron chi connectivity index (χ1n) is 11.7. The summed E-state index contributed by atoms with van der Waals surface area (Å²) in [5, 5.41) is 14.8. The number of halogens is 3. The van der Waals surface area contributed by atoms with Gasteiger partial charge in [0.2, 0.25) is 17.7 Å². The standard InChI is InChI=1S/C22H32F3N5O5S/c1-20(2,3)16(29-36(34,35)22(23,24)25)19(33)30-10-13-14(21(13,4)5)15(30)18(32)28-12(9-26)8-11-6-7-27-17(11)31/h11-16,29H,6-8,10H2,1-5H3,(H,27,31)(H,28,32)/t11-,12-,13-,14+,15-,16+/m0/s1. The maximum absolute atomic E-state index is 13.5. The molecule has 202 valence electrons. The Bertz CT molecular complexity index is 1080. The lowest BCUT2D eigenvalue weighted by Gasteiger charge is -2.37. The second-order valence-corrected chi connectivity index (χ2v) is 13.2. The van der Waals surface area contributed by atoms with E-state index in [9.17, 15) is 41.2 Å². The van der Waals surface area contributed by atoms with Crippen LogP contribution in [0.5, 0.6) is 0 Å². The smallest absolute Gasteiger partial charge is 0.356 e. The van der Waals surface area contributed by atoms with Gasteiger partial charge in [-0.2, -0.15) is 23.2 Å². The van der Waals surface area contributed by atoms with Gasteiger partial charge in [-0.05, 0) is 35.5 Å². The van der Waals surface area contributed by atoms with E-state index in [4.69, 9.17) is 0 Å². The normalized spacial score (nSPS) is 29.1. The maximum atomic E-state index is 13.5. The Morgan fingerprint density at radius 3 is 2.36 bits per heavy atom. The van der Waals surface area contributed by atoms with Crippen LogP contribution in [0.3, 0.4) is 0 Å². The molecule has 0 aromatic carbocycles. The molecule has 0 bridgehead atoms. The molecule has 14 heteroatoms. The first-order chi connectivity index (χ1) is 16.3. The summed E-state index contributed by atoms with van der Waals surface area (Å²) >= 11 is 0. The van der Waals surface area contributed by atoms with Gasteiger partial charge in [-0.3, -0.25) is 14.4 Å². The van der Waals surface area contributed by atoms with E-state index in [0.29, 0.717) is 13.0 Å². The third-order valence-electron chi connectivity index (χ3n) is 7.61. The van der Waals surface area contributed by atoms with Crippen LogP contribution in [0.25, 0.3) is 0 Å². The Morgan fingerprint density at radius 2 is 1.89 bits per heavy atom. The largest absolute Gasteiger partial charge is 0.511 e. The highest BCUT2D eigenvalue weighted by atomic mass is 32.2. The fourth-order valence-electron chi connectivity index (χ4n) is 5.35. The predicted molar refractivity (Wildman–Crippen MR) is 121 cm³/mol. The van der Waals surface area contributed by atoms with Crippen LogP contribution in [0.15, 0.2) is 0 Å². The van der Waals surface area contributed by atoms with Crippen molar-refractivity contribution >= 4 is 27.7 Å². The lowest BCUT2D eigenvalue weighted by molar-refractivity contribution is -0.143. The summed E-state index contributed by atoms with van der Waals surface area (Å²) in [6, 6.07) is -1.92. The minimum absolute atomic E-state index is 0.0666. The zero-order valence-electron chi connectivity index (χ0n) is 20.8. The number of carbonyl (C=O) groups is 3. The number of sulfonamides is 1. The third-order valence-corrected chi connectivity index (χ3v) is 8.76. The fraction of sp³-hybridized carbons (Fsp3) is 0.818. The summed E-state index contributed by atoms with van der Waals surface area (Å²) in [6.45, 7) is 8.61. The second kappa shape index (κ2) is 9.16. The Labute approximate surface area is 208 Å². The topological polar surface area (TPSA) is 148 Å². The van der Waals surface area contributed by atoms with Crippen molar-refractivity contribution in [1.82, 2.24) is 20.3 Å². The van der Waals surface area contributed by atoms with Crippen molar-refractivity contribution in [3.8, 4) is 6.07 Å². The van der Waals surface area contributed by atoms with Crippen LogP contribution in [0, 0.1) is 39.9 Å². The minimum atomic E-state index is -5.84. The highest BCUT2D eigenvalue weighted by Gasteiger charge is 2.70. The molecule has 0 radical (unpaired) electrons. The van der Waals surface area contributed by atoms with Gasteiger partial charge in [0.25, 0.3) is 0 Å². The number of rotatable bonds is 7. The molecule has 0 aromatic heterocycles. The molecule has 36 heavy (non-hydrogen) atoms. The van der Waals surface area contributed by atoms with Crippen molar-refractivity contribution in [3.63, 3.8) is 0 Å². The number of alkyl halides is 3. The number of hydrogen-bond acceptors (Lipinski definition) is 6. The molecule has 1 aliphatic carbocycles. The van der Waals surface area contributed by atoms with Crippen molar-refractivity contribution in [2.24, 2.45) is 28.6 Å². The van der Waals surface area contributed by atoms with Gasteiger partial charge in [0.05, 0.1) is 6.07 Å². The molecule has 1 saturated carbocycles. The number of fused-ring (bicyclic) bond motifs is 1. The Morgan fingerprint density at radius 1 is 1.28 bits per heavy atom. The molecule has 2 heterocycles. The molecular formula is C22H32F3N5O5S. The van der Waals surface area contributed by atoms with Crippen molar-refractivity contribution in [2.45, 2.75) is 71.1 Å². The van der Waals surface area contributed by atoms with Crippen molar-refractivity contribution in [2.75, 3.05) is 13.1 Å². The highest BCUT2D eigenvalue weighted by molar-refractivity contribution is 7.90. The Balaban J connectivity index is 1.84. The number of likely N-dealkylation sites (tertiary alicyclic amines) is 1. The molecule has 6 atom stereocenters. The number of hydrogen-bond donors (Lipinski definition) is 3. The number of amides is 3. The van der Waals surface area contributed by atoms with Crippen molar-refractivity contribution < 1.29 is 36.0 Å². The summed E-state index contributed by atoms with van der Waals surface area (Å²) in [4.78, 5) is 39.9. The zero-order valence-corrected chi connectivity index (χ0v) is 21.6. The van der Waals surface area contributed by atoms with Crippen LogP contribution in [-0.4, -0.2) is 67.8 Å². The number of nitrogens with one attached hydrogen (secondary N) is 3. The van der Waals surface area contributed by atoms with E-state index in [-0.39, 0.29) is 36.1 Å². The van der Waals surface area contributed by atoms with E-state index in [1.807, 2.05) is 19.9 Å². The minimum Gasteiger partial charge on any atom is -0.356 e. The number of carbonyl (C=O) groups excluding carboxylic acids is 3.